The minimum atomic E-state index is 0. The van der Waals surface area contributed by atoms with Crippen LogP contribution in [0, 0.1) is 0 Å². The summed E-state index contributed by atoms with van der Waals surface area (Å²) in [6.45, 7) is 5.67. The molecule has 0 aliphatic heterocycles. The smallest absolute Gasteiger partial charge is 0.0437 e. The molecule has 0 atom stereocenters. The summed E-state index contributed by atoms with van der Waals surface area (Å²) in [4.78, 5) is 0. The Labute approximate surface area is 63.6 Å². The molecule has 0 aromatic carbocycles. The number of halogens is 4. The predicted octanol–water partition coefficient (Wildman–Crippen LogP) is 2.08. The SMILES string of the molecule is Br.CCOCC.F.F.F. The summed E-state index contributed by atoms with van der Waals surface area (Å²) in [6.07, 6.45) is 0. The summed E-state index contributed by atoms with van der Waals surface area (Å²) < 4.78 is 4.83. The Morgan fingerprint density at radius 1 is 0.889 bits per heavy atom. The van der Waals surface area contributed by atoms with Gasteiger partial charge >= 0.3 is 0 Å². The van der Waals surface area contributed by atoms with E-state index in [9.17, 15) is 0 Å². The standard InChI is InChI=1S/C4H10O.BrH.3FH/c1-3-5-4-2;;;;/h3-4H2,1-2H3;4*1H. The van der Waals surface area contributed by atoms with E-state index in [2.05, 4.69) is 0 Å². The summed E-state index contributed by atoms with van der Waals surface area (Å²) >= 11 is 0. The maximum atomic E-state index is 4.83. The Balaban J connectivity index is -0.0000000133. The van der Waals surface area contributed by atoms with Crippen LogP contribution < -0.4 is 0 Å². The summed E-state index contributed by atoms with van der Waals surface area (Å²) in [5.74, 6) is 0. The minimum Gasteiger partial charge on any atom is -0.382 e. The van der Waals surface area contributed by atoms with Crippen molar-refractivity contribution in [1.29, 1.82) is 0 Å². The molecule has 0 unspecified atom stereocenters. The lowest BCUT2D eigenvalue weighted by atomic mass is 10.8. The summed E-state index contributed by atoms with van der Waals surface area (Å²) in [5, 5.41) is 0. The van der Waals surface area contributed by atoms with Crippen LogP contribution in [0.3, 0.4) is 0 Å². The number of rotatable bonds is 2. The first-order valence-electron chi connectivity index (χ1n) is 1.99. The van der Waals surface area contributed by atoms with Gasteiger partial charge in [0, 0.05) is 13.2 Å². The first-order chi connectivity index (χ1) is 2.41. The summed E-state index contributed by atoms with van der Waals surface area (Å²) in [6, 6.07) is 0. The number of hydrogen-bond donors (Lipinski definition) is 0. The quantitative estimate of drug-likeness (QED) is 0.685. The third kappa shape index (κ3) is 64.2. The maximum Gasteiger partial charge on any atom is 0.0437 e. The van der Waals surface area contributed by atoms with Crippen molar-refractivity contribution in [2.24, 2.45) is 0 Å². The average Bonchev–Trinajstić information content (AvgIpc) is 1.41. The van der Waals surface area contributed by atoms with Gasteiger partial charge in [0.25, 0.3) is 0 Å². The van der Waals surface area contributed by atoms with Crippen LogP contribution in [-0.4, -0.2) is 13.2 Å². The fraction of sp³-hybridized carbons (Fsp3) is 1.00. The largest absolute Gasteiger partial charge is 0.382 e. The van der Waals surface area contributed by atoms with Crippen LogP contribution in [0.4, 0.5) is 14.1 Å². The van der Waals surface area contributed by atoms with Crippen molar-refractivity contribution in [3.63, 3.8) is 0 Å². The highest BCUT2D eigenvalue weighted by Gasteiger charge is 1.64. The highest BCUT2D eigenvalue weighted by Crippen LogP contribution is 1.64. The van der Waals surface area contributed by atoms with Gasteiger partial charge in [0.15, 0.2) is 0 Å². The van der Waals surface area contributed by atoms with Crippen molar-refractivity contribution < 1.29 is 18.9 Å². The van der Waals surface area contributed by atoms with Gasteiger partial charge in [-0.2, -0.15) is 0 Å². The van der Waals surface area contributed by atoms with E-state index >= 15 is 0 Å². The summed E-state index contributed by atoms with van der Waals surface area (Å²) in [5.41, 5.74) is 0. The van der Waals surface area contributed by atoms with Gasteiger partial charge in [0.05, 0.1) is 0 Å². The minimum absolute atomic E-state index is 0. The fourth-order valence-corrected chi connectivity index (χ4v) is 0.204. The monoisotopic (exact) mass is 214 g/mol. The molecule has 0 saturated heterocycles. The first kappa shape index (κ1) is 34.9. The lowest BCUT2D eigenvalue weighted by Crippen LogP contribution is -1.84. The van der Waals surface area contributed by atoms with Crippen LogP contribution in [0.2, 0.25) is 0 Å². The van der Waals surface area contributed by atoms with Gasteiger partial charge in [-0.05, 0) is 13.8 Å². The molecule has 0 aromatic heterocycles. The van der Waals surface area contributed by atoms with Gasteiger partial charge in [-0.25, -0.2) is 0 Å². The van der Waals surface area contributed by atoms with Crippen LogP contribution in [0.25, 0.3) is 0 Å². The third-order valence-corrected chi connectivity index (χ3v) is 0.408. The van der Waals surface area contributed by atoms with Crippen LogP contribution in [0.5, 0.6) is 0 Å². The molecule has 0 rings (SSSR count). The lowest BCUT2D eigenvalue weighted by Gasteiger charge is -1.86. The maximum absolute atomic E-state index is 4.83. The van der Waals surface area contributed by atoms with E-state index < -0.39 is 0 Å². The van der Waals surface area contributed by atoms with Crippen molar-refractivity contribution >= 4 is 17.0 Å². The van der Waals surface area contributed by atoms with E-state index in [-0.39, 0.29) is 31.1 Å². The zero-order valence-corrected chi connectivity index (χ0v) is 7.17. The predicted molar refractivity (Wildman–Crippen MR) is 40.0 cm³/mol. The molecule has 9 heavy (non-hydrogen) atoms. The molecule has 0 saturated carbocycles. The lowest BCUT2D eigenvalue weighted by molar-refractivity contribution is 0.162. The van der Waals surface area contributed by atoms with Crippen LogP contribution in [-0.2, 0) is 4.74 Å². The van der Waals surface area contributed by atoms with E-state index in [0.29, 0.717) is 0 Å². The number of ether oxygens (including phenoxy) is 1. The average molecular weight is 215 g/mol. The molecule has 5 heteroatoms. The molecule has 0 N–H and O–H groups in total. The normalized spacial score (nSPS) is 4.67. The third-order valence-electron chi connectivity index (χ3n) is 0.408. The van der Waals surface area contributed by atoms with Crippen molar-refractivity contribution in [1.82, 2.24) is 0 Å². The second-order valence-electron chi connectivity index (χ2n) is 0.781. The van der Waals surface area contributed by atoms with E-state index in [0.717, 1.165) is 13.2 Å². The molecule has 0 bridgehead atoms. The Morgan fingerprint density at radius 3 is 1.11 bits per heavy atom. The molecule has 0 aliphatic rings. The Bertz CT molecular complexity index is 23.3. The zero-order valence-electron chi connectivity index (χ0n) is 5.46. The molecule has 64 valence electrons. The molecular weight excluding hydrogens is 201 g/mol. The molecule has 0 radical (unpaired) electrons. The zero-order chi connectivity index (χ0) is 4.12. The van der Waals surface area contributed by atoms with Crippen molar-refractivity contribution in [2.75, 3.05) is 13.2 Å². The second-order valence-corrected chi connectivity index (χ2v) is 0.781. The molecule has 1 nitrogen and oxygen atoms in total. The second kappa shape index (κ2) is 41.2. The van der Waals surface area contributed by atoms with Crippen molar-refractivity contribution in [3.8, 4) is 0 Å². The van der Waals surface area contributed by atoms with E-state index in [1.54, 1.807) is 0 Å². The topological polar surface area (TPSA) is 9.23 Å². The molecule has 0 aromatic rings. The van der Waals surface area contributed by atoms with Gasteiger partial charge < -0.3 is 4.74 Å². The first-order valence-corrected chi connectivity index (χ1v) is 1.99. The molecule has 0 heterocycles. The van der Waals surface area contributed by atoms with Crippen molar-refractivity contribution in [2.45, 2.75) is 13.8 Å². The van der Waals surface area contributed by atoms with Gasteiger partial charge in [0.1, 0.15) is 0 Å². The molecular formula is C4H14BrF3O. The Morgan fingerprint density at radius 2 is 1.11 bits per heavy atom. The van der Waals surface area contributed by atoms with Gasteiger partial charge in [-0.3, -0.25) is 14.1 Å². The molecule has 0 aliphatic carbocycles. The van der Waals surface area contributed by atoms with Gasteiger partial charge in [-0.1, -0.05) is 0 Å². The Kier molecular flexibility index (Phi) is 160. The molecule has 0 spiro atoms. The molecule has 0 fully saturated rings. The highest BCUT2D eigenvalue weighted by molar-refractivity contribution is 8.93. The fourth-order valence-electron chi connectivity index (χ4n) is 0.204. The van der Waals surface area contributed by atoms with Crippen molar-refractivity contribution in [3.05, 3.63) is 0 Å². The number of hydrogen-bond acceptors (Lipinski definition) is 1. The van der Waals surface area contributed by atoms with E-state index in [1.165, 1.54) is 0 Å². The van der Waals surface area contributed by atoms with Crippen LogP contribution in [0.1, 0.15) is 13.8 Å². The molecule has 0 amide bonds. The summed E-state index contributed by atoms with van der Waals surface area (Å²) in [7, 11) is 0. The Hall–Kier alpha value is 0.230. The van der Waals surface area contributed by atoms with E-state index in [1.807, 2.05) is 13.8 Å². The van der Waals surface area contributed by atoms with Gasteiger partial charge in [0.2, 0.25) is 0 Å². The highest BCUT2D eigenvalue weighted by atomic mass is 79.9. The van der Waals surface area contributed by atoms with Crippen LogP contribution in [0.15, 0.2) is 0 Å². The van der Waals surface area contributed by atoms with Crippen LogP contribution >= 0.6 is 17.0 Å². The van der Waals surface area contributed by atoms with Gasteiger partial charge in [-0.15, -0.1) is 17.0 Å². The van der Waals surface area contributed by atoms with E-state index in [4.69, 9.17) is 4.74 Å².